The van der Waals surface area contributed by atoms with E-state index in [4.69, 9.17) is 4.74 Å². The summed E-state index contributed by atoms with van der Waals surface area (Å²) in [5.41, 5.74) is 1.35. The van der Waals surface area contributed by atoms with E-state index in [0.29, 0.717) is 0 Å². The van der Waals surface area contributed by atoms with Gasteiger partial charge in [0.05, 0.1) is 0 Å². The largest absolute Gasteiger partial charge is 0.381 e. The number of hydrogen-bond donors (Lipinski definition) is 1. The van der Waals surface area contributed by atoms with Crippen LogP contribution in [0.15, 0.2) is 42.5 Å². The van der Waals surface area contributed by atoms with Gasteiger partial charge in [-0.05, 0) is 31.2 Å². The Hall–Kier alpha value is -1.61. The van der Waals surface area contributed by atoms with Gasteiger partial charge in [-0.3, -0.25) is 4.79 Å². The third-order valence-corrected chi connectivity index (χ3v) is 4.82. The maximum absolute atomic E-state index is 12.3. The summed E-state index contributed by atoms with van der Waals surface area (Å²) in [6, 6.07) is 10.5. The zero-order valence-corrected chi connectivity index (χ0v) is 12.4. The van der Waals surface area contributed by atoms with Gasteiger partial charge in [0, 0.05) is 31.1 Å². The molecule has 1 heterocycles. The minimum Gasteiger partial charge on any atom is -0.381 e. The maximum Gasteiger partial charge on any atom is 0.223 e. The molecule has 0 unspecified atom stereocenters. The van der Waals surface area contributed by atoms with Crippen LogP contribution in [0, 0.1) is 5.92 Å². The Kier molecular flexibility index (Phi) is 4.39. The lowest BCUT2D eigenvalue weighted by Gasteiger charge is -2.38. The molecule has 21 heavy (non-hydrogen) atoms. The number of nitrogens with one attached hydrogen (secondary N) is 1. The van der Waals surface area contributed by atoms with Gasteiger partial charge in [0.1, 0.15) is 0 Å². The molecule has 1 aliphatic carbocycles. The van der Waals surface area contributed by atoms with E-state index in [1.54, 1.807) is 0 Å². The van der Waals surface area contributed by atoms with E-state index in [-0.39, 0.29) is 17.2 Å². The maximum atomic E-state index is 12.3. The van der Waals surface area contributed by atoms with E-state index in [9.17, 15) is 4.79 Å². The van der Waals surface area contributed by atoms with Crippen molar-refractivity contribution in [1.82, 2.24) is 5.32 Å². The molecule has 0 atom stereocenters. The van der Waals surface area contributed by atoms with Gasteiger partial charge in [0.15, 0.2) is 0 Å². The van der Waals surface area contributed by atoms with Crippen LogP contribution in [-0.4, -0.2) is 25.7 Å². The van der Waals surface area contributed by atoms with E-state index < -0.39 is 0 Å². The molecular formula is C18H23NO2. The van der Waals surface area contributed by atoms with E-state index in [2.05, 4.69) is 41.7 Å². The number of benzene rings is 1. The molecule has 1 fully saturated rings. The van der Waals surface area contributed by atoms with Crippen LogP contribution in [0.2, 0.25) is 0 Å². The molecule has 112 valence electrons. The summed E-state index contributed by atoms with van der Waals surface area (Å²) < 4.78 is 5.53. The summed E-state index contributed by atoms with van der Waals surface area (Å²) in [7, 11) is 0. The molecule has 3 heteroatoms. The molecule has 0 radical (unpaired) electrons. The fraction of sp³-hybridized carbons (Fsp3) is 0.500. The highest BCUT2D eigenvalue weighted by Crippen LogP contribution is 2.34. The zero-order valence-electron chi connectivity index (χ0n) is 12.4. The van der Waals surface area contributed by atoms with Crippen LogP contribution in [0.5, 0.6) is 0 Å². The van der Waals surface area contributed by atoms with Crippen molar-refractivity contribution in [3.8, 4) is 0 Å². The topological polar surface area (TPSA) is 38.3 Å². The normalized spacial score (nSPS) is 21.3. The van der Waals surface area contributed by atoms with Crippen LogP contribution in [0.4, 0.5) is 0 Å². The molecule has 1 amide bonds. The van der Waals surface area contributed by atoms with Crippen molar-refractivity contribution >= 4 is 5.91 Å². The highest BCUT2D eigenvalue weighted by molar-refractivity contribution is 5.79. The summed E-state index contributed by atoms with van der Waals surface area (Å²) >= 11 is 0. The molecule has 0 saturated carbocycles. The van der Waals surface area contributed by atoms with Crippen molar-refractivity contribution in [1.29, 1.82) is 0 Å². The second-order valence-corrected chi connectivity index (χ2v) is 6.12. The molecule has 1 aliphatic heterocycles. The Balaban J connectivity index is 1.69. The van der Waals surface area contributed by atoms with Crippen LogP contribution in [0.3, 0.4) is 0 Å². The second-order valence-electron chi connectivity index (χ2n) is 6.12. The van der Waals surface area contributed by atoms with E-state index >= 15 is 0 Å². The van der Waals surface area contributed by atoms with Crippen molar-refractivity contribution in [3.63, 3.8) is 0 Å². The van der Waals surface area contributed by atoms with Crippen LogP contribution >= 0.6 is 0 Å². The minimum absolute atomic E-state index is 0.0290. The van der Waals surface area contributed by atoms with Crippen molar-refractivity contribution in [2.75, 3.05) is 19.8 Å². The van der Waals surface area contributed by atoms with Crippen LogP contribution in [0.25, 0.3) is 0 Å². The molecule has 1 saturated heterocycles. The van der Waals surface area contributed by atoms with Gasteiger partial charge < -0.3 is 10.1 Å². The van der Waals surface area contributed by atoms with Gasteiger partial charge in [0.25, 0.3) is 0 Å². The molecule has 1 aromatic rings. The lowest BCUT2D eigenvalue weighted by Crippen LogP contribution is -2.45. The van der Waals surface area contributed by atoms with Crippen LogP contribution in [0.1, 0.15) is 31.2 Å². The van der Waals surface area contributed by atoms with Crippen molar-refractivity contribution in [2.45, 2.75) is 31.1 Å². The molecule has 3 rings (SSSR count). The van der Waals surface area contributed by atoms with Gasteiger partial charge in [-0.25, -0.2) is 0 Å². The quantitative estimate of drug-likeness (QED) is 0.864. The standard InChI is InChI=1S/C18H23NO2/c20-17(15-6-4-5-7-15)19-14-18(10-12-21-13-11-18)16-8-2-1-3-9-16/h1-5,8-9,15H,6-7,10-14H2,(H,19,20). The van der Waals surface area contributed by atoms with Gasteiger partial charge in [-0.2, -0.15) is 0 Å². The molecule has 3 nitrogen and oxygen atoms in total. The van der Waals surface area contributed by atoms with E-state index in [1.165, 1.54) is 5.56 Å². The molecule has 2 aliphatic rings. The third kappa shape index (κ3) is 3.18. The monoisotopic (exact) mass is 285 g/mol. The van der Waals surface area contributed by atoms with Crippen LogP contribution in [-0.2, 0) is 14.9 Å². The van der Waals surface area contributed by atoms with E-state index in [0.717, 1.165) is 45.4 Å². The predicted molar refractivity (Wildman–Crippen MR) is 83.0 cm³/mol. The Morgan fingerprint density at radius 3 is 2.48 bits per heavy atom. The predicted octanol–water partition coefficient (Wildman–Crippen LogP) is 2.82. The summed E-state index contributed by atoms with van der Waals surface area (Å²) in [5, 5.41) is 3.20. The fourth-order valence-corrected chi connectivity index (χ4v) is 3.35. The van der Waals surface area contributed by atoms with Crippen molar-refractivity contribution in [3.05, 3.63) is 48.0 Å². The molecule has 0 spiro atoms. The number of hydrogen-bond acceptors (Lipinski definition) is 2. The van der Waals surface area contributed by atoms with Gasteiger partial charge >= 0.3 is 0 Å². The first kappa shape index (κ1) is 14.3. The Morgan fingerprint density at radius 1 is 1.14 bits per heavy atom. The number of carbonyl (C=O) groups excluding carboxylic acids is 1. The minimum atomic E-state index is 0.0290. The number of ether oxygens (including phenoxy) is 1. The van der Waals surface area contributed by atoms with Gasteiger partial charge in [-0.1, -0.05) is 42.5 Å². The van der Waals surface area contributed by atoms with Crippen molar-refractivity contribution < 1.29 is 9.53 Å². The van der Waals surface area contributed by atoms with Gasteiger partial charge in [-0.15, -0.1) is 0 Å². The summed E-state index contributed by atoms with van der Waals surface area (Å²) in [4.78, 5) is 12.3. The fourth-order valence-electron chi connectivity index (χ4n) is 3.35. The Morgan fingerprint density at radius 2 is 1.81 bits per heavy atom. The summed E-state index contributed by atoms with van der Waals surface area (Å²) in [6.07, 6.45) is 7.91. The summed E-state index contributed by atoms with van der Waals surface area (Å²) in [6.45, 7) is 2.27. The number of allylic oxidation sites excluding steroid dienone is 2. The average Bonchev–Trinajstić information content (AvgIpc) is 3.09. The van der Waals surface area contributed by atoms with Crippen LogP contribution < -0.4 is 5.32 Å². The third-order valence-electron chi connectivity index (χ3n) is 4.82. The molecule has 0 aromatic heterocycles. The Bertz CT molecular complexity index is 495. The van der Waals surface area contributed by atoms with E-state index in [1.807, 2.05) is 6.07 Å². The lowest BCUT2D eigenvalue weighted by atomic mass is 9.74. The number of carbonyl (C=O) groups is 1. The first-order chi connectivity index (χ1) is 10.3. The lowest BCUT2D eigenvalue weighted by molar-refractivity contribution is -0.125. The SMILES string of the molecule is O=C(NCC1(c2ccccc2)CCOCC1)C1CC=CC1. The average molecular weight is 285 g/mol. The zero-order chi connectivity index (χ0) is 14.5. The number of rotatable bonds is 4. The highest BCUT2D eigenvalue weighted by atomic mass is 16.5. The number of amides is 1. The molecule has 0 bridgehead atoms. The first-order valence-corrected chi connectivity index (χ1v) is 7.86. The summed E-state index contributed by atoms with van der Waals surface area (Å²) in [5.74, 6) is 0.333. The molecule has 1 N–H and O–H groups in total. The molecular weight excluding hydrogens is 262 g/mol. The molecule has 1 aromatic carbocycles. The Labute approximate surface area is 126 Å². The second kappa shape index (κ2) is 6.44. The van der Waals surface area contributed by atoms with Crippen molar-refractivity contribution in [2.24, 2.45) is 5.92 Å². The first-order valence-electron chi connectivity index (χ1n) is 7.86. The highest BCUT2D eigenvalue weighted by Gasteiger charge is 2.35. The smallest absolute Gasteiger partial charge is 0.223 e. The van der Waals surface area contributed by atoms with Gasteiger partial charge in [0.2, 0.25) is 5.91 Å².